The maximum absolute atomic E-state index is 12.3. The third-order valence-corrected chi connectivity index (χ3v) is 1.35. The molecule has 0 saturated carbocycles. The number of carbonyl (C=O) groups is 1. The Balaban J connectivity index is 2.21. The van der Waals surface area contributed by atoms with Crippen LogP contribution in [0, 0.1) is 0 Å². The Bertz CT molecular complexity index is 109. The van der Waals surface area contributed by atoms with Crippen LogP contribution < -0.4 is 10.6 Å². The van der Waals surface area contributed by atoms with E-state index >= 15 is 0 Å². The van der Waals surface area contributed by atoms with Crippen LogP contribution in [0.3, 0.4) is 0 Å². The molecule has 2 atom stereocenters. The fourth-order valence-electron chi connectivity index (χ4n) is 0.902. The van der Waals surface area contributed by atoms with Gasteiger partial charge >= 0.3 is 0 Å². The van der Waals surface area contributed by atoms with Gasteiger partial charge in [0, 0.05) is 13.0 Å². The molecule has 2 N–H and O–H groups in total. The van der Waals surface area contributed by atoms with Gasteiger partial charge in [-0.25, -0.2) is 4.39 Å². The Morgan fingerprint density at radius 1 is 1.78 bits per heavy atom. The average molecular weight is 132 g/mol. The molecule has 0 spiro atoms. The molecular formula is C5H9FN2O. The molecule has 1 aliphatic rings. The number of nitrogens with one attached hydrogen (secondary N) is 2. The van der Waals surface area contributed by atoms with Gasteiger partial charge in [0.2, 0.25) is 6.41 Å². The Hall–Kier alpha value is -0.640. The van der Waals surface area contributed by atoms with Crippen LogP contribution in [0.5, 0.6) is 0 Å². The van der Waals surface area contributed by atoms with E-state index in [-0.39, 0.29) is 6.17 Å². The molecule has 0 aromatic carbocycles. The summed E-state index contributed by atoms with van der Waals surface area (Å²) in [4.78, 5) is 9.79. The molecule has 0 radical (unpaired) electrons. The highest BCUT2D eigenvalue weighted by Crippen LogP contribution is 2.06. The number of hydrogen-bond donors (Lipinski definition) is 2. The van der Waals surface area contributed by atoms with Crippen LogP contribution in [0.2, 0.25) is 0 Å². The molecule has 0 aliphatic carbocycles. The Kier molecular flexibility index (Phi) is 2.00. The van der Waals surface area contributed by atoms with Crippen molar-refractivity contribution in [2.75, 3.05) is 6.54 Å². The fraction of sp³-hybridized carbons (Fsp3) is 0.800. The fourth-order valence-corrected chi connectivity index (χ4v) is 0.902. The Morgan fingerprint density at radius 2 is 2.56 bits per heavy atom. The molecule has 9 heavy (non-hydrogen) atoms. The van der Waals surface area contributed by atoms with Crippen LogP contribution in [0.15, 0.2) is 0 Å². The van der Waals surface area contributed by atoms with Crippen LogP contribution >= 0.6 is 0 Å². The first-order chi connectivity index (χ1) is 4.33. The number of halogens is 1. The van der Waals surface area contributed by atoms with Crippen LogP contribution in [-0.4, -0.2) is 25.3 Å². The van der Waals surface area contributed by atoms with Gasteiger partial charge in [-0.3, -0.25) is 10.1 Å². The van der Waals surface area contributed by atoms with Crippen molar-refractivity contribution in [3.8, 4) is 0 Å². The van der Waals surface area contributed by atoms with Crippen LogP contribution in [0.25, 0.3) is 0 Å². The Morgan fingerprint density at radius 3 is 3.00 bits per heavy atom. The summed E-state index contributed by atoms with van der Waals surface area (Å²) in [7, 11) is 0. The molecule has 1 rings (SSSR count). The minimum atomic E-state index is -0.803. The van der Waals surface area contributed by atoms with Gasteiger partial charge in [0.15, 0.2) is 0 Å². The average Bonchev–Trinajstić information content (AvgIpc) is 2.17. The van der Waals surface area contributed by atoms with E-state index < -0.39 is 6.17 Å². The summed E-state index contributed by atoms with van der Waals surface area (Å²) in [6.45, 7) is 0.353. The normalized spacial score (nSPS) is 34.3. The van der Waals surface area contributed by atoms with Gasteiger partial charge in [-0.2, -0.15) is 0 Å². The van der Waals surface area contributed by atoms with Crippen molar-refractivity contribution >= 4 is 6.41 Å². The van der Waals surface area contributed by atoms with E-state index in [1.54, 1.807) is 0 Å². The van der Waals surface area contributed by atoms with Crippen LogP contribution in [0.1, 0.15) is 6.42 Å². The highest BCUT2D eigenvalue weighted by molar-refractivity contribution is 5.46. The van der Waals surface area contributed by atoms with E-state index in [9.17, 15) is 9.18 Å². The first-order valence-electron chi connectivity index (χ1n) is 2.90. The molecule has 1 aliphatic heterocycles. The quantitative estimate of drug-likeness (QED) is 0.492. The second kappa shape index (κ2) is 2.77. The third kappa shape index (κ3) is 1.64. The standard InChI is InChI=1S/C5H9FN2O/c6-4-1-5(7-2-4)8-3-9/h3-5,7H,1-2H2,(H,8,9)/t4-,5+/m1/s1. The monoisotopic (exact) mass is 132 g/mol. The van der Waals surface area contributed by atoms with Gasteiger partial charge in [0.25, 0.3) is 0 Å². The largest absolute Gasteiger partial charge is 0.343 e. The summed E-state index contributed by atoms with van der Waals surface area (Å²) in [5, 5.41) is 5.23. The molecule has 0 aromatic heterocycles. The van der Waals surface area contributed by atoms with E-state index in [1.807, 2.05) is 0 Å². The first-order valence-corrected chi connectivity index (χ1v) is 2.90. The topological polar surface area (TPSA) is 41.1 Å². The number of alkyl halides is 1. The second-order valence-electron chi connectivity index (χ2n) is 2.08. The maximum atomic E-state index is 12.3. The van der Waals surface area contributed by atoms with Crippen molar-refractivity contribution in [3.05, 3.63) is 0 Å². The van der Waals surface area contributed by atoms with Crippen molar-refractivity contribution in [1.29, 1.82) is 0 Å². The molecule has 1 heterocycles. The minimum absolute atomic E-state index is 0.155. The van der Waals surface area contributed by atoms with Gasteiger partial charge in [-0.15, -0.1) is 0 Å². The van der Waals surface area contributed by atoms with Crippen molar-refractivity contribution in [1.82, 2.24) is 10.6 Å². The zero-order chi connectivity index (χ0) is 6.69. The molecule has 4 heteroatoms. The van der Waals surface area contributed by atoms with Crippen molar-refractivity contribution in [2.45, 2.75) is 18.8 Å². The van der Waals surface area contributed by atoms with Gasteiger partial charge < -0.3 is 5.32 Å². The lowest BCUT2D eigenvalue weighted by Crippen LogP contribution is -2.35. The van der Waals surface area contributed by atoms with E-state index in [0.717, 1.165) is 0 Å². The summed E-state index contributed by atoms with van der Waals surface area (Å²) < 4.78 is 12.3. The lowest BCUT2D eigenvalue weighted by molar-refractivity contribution is -0.110. The Labute approximate surface area is 52.6 Å². The number of carbonyl (C=O) groups excluding carboxylic acids is 1. The highest BCUT2D eigenvalue weighted by Gasteiger charge is 2.22. The summed E-state index contributed by atoms with van der Waals surface area (Å²) in [6.07, 6.45) is 0.00833. The van der Waals surface area contributed by atoms with Gasteiger partial charge in [0.05, 0.1) is 6.17 Å². The first kappa shape index (κ1) is 6.48. The van der Waals surface area contributed by atoms with Crippen molar-refractivity contribution in [2.24, 2.45) is 0 Å². The summed E-state index contributed by atoms with van der Waals surface area (Å²) >= 11 is 0. The van der Waals surface area contributed by atoms with Crippen molar-refractivity contribution < 1.29 is 9.18 Å². The lowest BCUT2D eigenvalue weighted by atomic mass is 10.3. The third-order valence-electron chi connectivity index (χ3n) is 1.35. The van der Waals surface area contributed by atoms with Gasteiger partial charge in [-0.05, 0) is 0 Å². The van der Waals surface area contributed by atoms with E-state index in [0.29, 0.717) is 19.4 Å². The molecule has 0 unspecified atom stereocenters. The predicted octanol–water partition coefficient (Wildman–Crippen LogP) is -0.610. The molecule has 0 aromatic rings. The SMILES string of the molecule is O=CN[C@H]1C[C@@H](F)CN1. The van der Waals surface area contributed by atoms with E-state index in [1.165, 1.54) is 0 Å². The molecule has 1 fully saturated rings. The van der Waals surface area contributed by atoms with Crippen LogP contribution in [-0.2, 0) is 4.79 Å². The van der Waals surface area contributed by atoms with Crippen LogP contribution in [0.4, 0.5) is 4.39 Å². The van der Waals surface area contributed by atoms with E-state index in [2.05, 4.69) is 10.6 Å². The summed E-state index contributed by atoms with van der Waals surface area (Å²) in [5.41, 5.74) is 0. The molecule has 52 valence electrons. The highest BCUT2D eigenvalue weighted by atomic mass is 19.1. The summed E-state index contributed by atoms with van der Waals surface area (Å²) in [5.74, 6) is 0. The van der Waals surface area contributed by atoms with Crippen molar-refractivity contribution in [3.63, 3.8) is 0 Å². The molecular weight excluding hydrogens is 123 g/mol. The zero-order valence-corrected chi connectivity index (χ0v) is 4.93. The second-order valence-corrected chi connectivity index (χ2v) is 2.08. The maximum Gasteiger partial charge on any atom is 0.208 e. The van der Waals surface area contributed by atoms with E-state index in [4.69, 9.17) is 0 Å². The molecule has 1 saturated heterocycles. The summed E-state index contributed by atoms with van der Waals surface area (Å²) in [6, 6.07) is 0. The minimum Gasteiger partial charge on any atom is -0.343 e. The zero-order valence-electron chi connectivity index (χ0n) is 4.93. The molecule has 3 nitrogen and oxygen atoms in total. The number of amides is 1. The number of rotatable bonds is 2. The van der Waals surface area contributed by atoms with Gasteiger partial charge in [0.1, 0.15) is 6.17 Å². The smallest absolute Gasteiger partial charge is 0.208 e. The number of hydrogen-bond acceptors (Lipinski definition) is 2. The van der Waals surface area contributed by atoms with Gasteiger partial charge in [-0.1, -0.05) is 0 Å². The molecule has 1 amide bonds. The predicted molar refractivity (Wildman–Crippen MR) is 30.5 cm³/mol. The molecule has 0 bridgehead atoms. The lowest BCUT2D eigenvalue weighted by Gasteiger charge is -2.05.